The Labute approximate surface area is 278 Å². The number of hydrogen-bond donors (Lipinski definition) is 8. The molecule has 0 saturated carbocycles. The maximum Gasteiger partial charge on any atom is 0.357 e. The summed E-state index contributed by atoms with van der Waals surface area (Å²) < 4.78 is 14.2. The van der Waals surface area contributed by atoms with Gasteiger partial charge in [0.1, 0.15) is 35.4 Å². The van der Waals surface area contributed by atoms with Crippen LogP contribution in [0.3, 0.4) is 0 Å². The van der Waals surface area contributed by atoms with Crippen molar-refractivity contribution in [1.82, 2.24) is 29.8 Å². The average molecular weight is 711 g/mol. The van der Waals surface area contributed by atoms with Crippen molar-refractivity contribution in [1.29, 1.82) is 0 Å². The molecule has 0 aromatic carbocycles. The molecule has 0 radical (unpaired) electrons. The lowest BCUT2D eigenvalue weighted by Crippen LogP contribution is -2.71. The minimum Gasteiger partial charge on any atom is -0.479 e. The van der Waals surface area contributed by atoms with Crippen LogP contribution in [-0.2, 0) is 33.4 Å². The zero-order valence-electron chi connectivity index (χ0n) is 24.7. The molecule has 6 rings (SSSR count). The Morgan fingerprint density at radius 3 is 2.60 bits per heavy atom. The SMILES string of the molecule is Nc1nc(/C(=N/O)C(=O)N[C@@H]2C(=O)N3C(C(=O)OC4OC(C(=O)O)C(O)C(O)C4O)=C(/C=C4\CCN([C@@H]5CCNC5)C4=O)CS[C@H]23)ns1. The minimum absolute atomic E-state index is 0.00448. The maximum absolute atomic E-state index is 13.8. The van der Waals surface area contributed by atoms with Gasteiger partial charge >= 0.3 is 11.9 Å². The highest BCUT2D eigenvalue weighted by molar-refractivity contribution is 8.00. The molecule has 48 heavy (non-hydrogen) atoms. The highest BCUT2D eigenvalue weighted by Gasteiger charge is 2.56. The number of aromatic nitrogens is 2. The standard InChI is InChI=1S/C26H30N8O12S2/c27-26-30-18(32-48-26)11(31-44)19(38)29-12-21(40)34-13(24(43)46-25-16(37)14(35)15(36)17(45-25)23(41)42)9(7-47-22(12)34)5-8-2-4-33(20(8)39)10-1-3-28-6-10/h5,10,12,14-17,22,25,28,35-37,44H,1-4,6-7H2,(H,29,38)(H,41,42)(H2,27,30,32)/b8-5+,31-11-/t10-,12-,14?,15?,16?,17?,22-,25?/m1/s1. The molecule has 1 aromatic rings. The monoisotopic (exact) mass is 710 g/mol. The van der Waals surface area contributed by atoms with E-state index in [1.165, 1.54) is 6.08 Å². The Morgan fingerprint density at radius 2 is 1.96 bits per heavy atom. The highest BCUT2D eigenvalue weighted by Crippen LogP contribution is 2.42. The number of anilines is 1. The summed E-state index contributed by atoms with van der Waals surface area (Å²) in [5.74, 6) is -5.28. The first-order chi connectivity index (χ1) is 22.9. The van der Waals surface area contributed by atoms with Crippen molar-refractivity contribution in [2.75, 3.05) is 31.1 Å². The number of amides is 3. The number of nitrogens with two attached hydrogens (primary N) is 1. The van der Waals surface area contributed by atoms with Crippen LogP contribution in [0.25, 0.3) is 0 Å². The molecule has 4 saturated heterocycles. The molecule has 9 N–H and O–H groups in total. The zero-order valence-corrected chi connectivity index (χ0v) is 26.3. The molecule has 5 aliphatic rings. The number of esters is 1. The van der Waals surface area contributed by atoms with Crippen molar-refractivity contribution in [3.05, 3.63) is 28.7 Å². The van der Waals surface area contributed by atoms with Crippen LogP contribution in [-0.4, -0.2) is 154 Å². The van der Waals surface area contributed by atoms with Crippen LogP contribution in [0.5, 0.6) is 0 Å². The van der Waals surface area contributed by atoms with Gasteiger partial charge in [0.25, 0.3) is 11.8 Å². The van der Waals surface area contributed by atoms with Crippen molar-refractivity contribution in [2.45, 2.75) is 61.0 Å². The van der Waals surface area contributed by atoms with E-state index in [2.05, 4.69) is 25.1 Å². The fourth-order valence-corrected chi connectivity index (χ4v) is 7.76. The molecular weight excluding hydrogens is 680 g/mol. The van der Waals surface area contributed by atoms with E-state index in [0.717, 1.165) is 41.2 Å². The van der Waals surface area contributed by atoms with Gasteiger partial charge in [0, 0.05) is 42.0 Å². The minimum atomic E-state index is -2.07. The topological polar surface area (TPSA) is 300 Å². The van der Waals surface area contributed by atoms with E-state index in [9.17, 15) is 49.6 Å². The molecule has 1 aromatic heterocycles. The summed E-state index contributed by atoms with van der Waals surface area (Å²) in [5.41, 5.74) is 5.12. The number of aliphatic hydroxyl groups is 3. The van der Waals surface area contributed by atoms with Crippen molar-refractivity contribution in [3.8, 4) is 0 Å². The summed E-state index contributed by atoms with van der Waals surface area (Å²) in [7, 11) is 0. The summed E-state index contributed by atoms with van der Waals surface area (Å²) in [5, 5.41) is 57.1. The van der Waals surface area contributed by atoms with E-state index in [4.69, 9.17) is 15.2 Å². The maximum atomic E-state index is 13.8. The molecule has 258 valence electrons. The second kappa shape index (κ2) is 13.4. The number of aliphatic hydroxyl groups excluding tert-OH is 3. The molecule has 0 aliphatic carbocycles. The van der Waals surface area contributed by atoms with Gasteiger partial charge in [-0.2, -0.15) is 9.36 Å². The van der Waals surface area contributed by atoms with Crippen LogP contribution < -0.4 is 16.4 Å². The summed E-state index contributed by atoms with van der Waals surface area (Å²) in [6.07, 6.45) is -7.69. The van der Waals surface area contributed by atoms with Crippen LogP contribution in [0, 0.1) is 0 Å². The van der Waals surface area contributed by atoms with Crippen molar-refractivity contribution in [2.24, 2.45) is 5.16 Å². The lowest BCUT2D eigenvalue weighted by atomic mass is 9.98. The number of hydrogen-bond acceptors (Lipinski definition) is 18. The molecule has 20 nitrogen and oxygen atoms in total. The normalized spacial score (nSPS) is 33.1. The third kappa shape index (κ3) is 5.99. The number of likely N-dealkylation sites (tertiary alicyclic amines) is 1. The molecule has 22 heteroatoms. The fourth-order valence-electron chi connectivity index (χ4n) is 6.02. The Morgan fingerprint density at radius 1 is 1.19 bits per heavy atom. The van der Waals surface area contributed by atoms with E-state index in [1.807, 2.05) is 0 Å². The first kappa shape index (κ1) is 33.7. The number of nitrogens with zero attached hydrogens (tertiary/aromatic N) is 5. The summed E-state index contributed by atoms with van der Waals surface area (Å²) >= 11 is 1.89. The van der Waals surface area contributed by atoms with Crippen LogP contribution in [0.15, 0.2) is 28.1 Å². The number of thioether (sulfide) groups is 1. The van der Waals surface area contributed by atoms with E-state index in [-0.39, 0.29) is 39.9 Å². The molecule has 0 bridgehead atoms. The van der Waals surface area contributed by atoms with E-state index < -0.39 is 71.6 Å². The third-order valence-electron chi connectivity index (χ3n) is 8.46. The van der Waals surface area contributed by atoms with E-state index in [0.29, 0.717) is 25.1 Å². The van der Waals surface area contributed by atoms with Crippen LogP contribution >= 0.6 is 23.3 Å². The molecule has 5 unspecified atom stereocenters. The van der Waals surface area contributed by atoms with Crippen LogP contribution in [0.1, 0.15) is 18.7 Å². The van der Waals surface area contributed by atoms with E-state index in [1.54, 1.807) is 4.90 Å². The first-order valence-corrected chi connectivity index (χ1v) is 16.4. The quantitative estimate of drug-likeness (QED) is 0.0318. The van der Waals surface area contributed by atoms with Gasteiger partial charge in [-0.25, -0.2) is 9.59 Å². The Kier molecular flexibility index (Phi) is 9.39. The van der Waals surface area contributed by atoms with Crippen LogP contribution in [0.2, 0.25) is 0 Å². The largest absolute Gasteiger partial charge is 0.479 e. The number of rotatable bonds is 8. The van der Waals surface area contributed by atoms with Gasteiger partial charge in [-0.3, -0.25) is 19.3 Å². The lowest BCUT2D eigenvalue weighted by Gasteiger charge is -2.49. The summed E-state index contributed by atoms with van der Waals surface area (Å²) in [6.45, 7) is 1.86. The predicted molar refractivity (Wildman–Crippen MR) is 161 cm³/mol. The first-order valence-electron chi connectivity index (χ1n) is 14.6. The van der Waals surface area contributed by atoms with Crippen molar-refractivity contribution >= 4 is 63.8 Å². The number of oxime groups is 1. The molecule has 0 spiro atoms. The fraction of sp³-hybridized carbons (Fsp3) is 0.538. The second-order valence-electron chi connectivity index (χ2n) is 11.3. The number of ether oxygens (including phenoxy) is 2. The predicted octanol–water partition coefficient (Wildman–Crippen LogP) is -4.09. The number of nitrogen functional groups attached to an aromatic ring is 1. The highest BCUT2D eigenvalue weighted by atomic mass is 32.2. The molecule has 8 atom stereocenters. The van der Waals surface area contributed by atoms with Gasteiger partial charge in [-0.1, -0.05) is 5.16 Å². The third-order valence-corrected chi connectivity index (χ3v) is 10.3. The van der Waals surface area contributed by atoms with Gasteiger partial charge < -0.3 is 56.4 Å². The number of aliphatic carboxylic acids is 1. The number of carboxylic acids is 1. The number of carbonyl (C=O) groups is 5. The lowest BCUT2D eigenvalue weighted by molar-refractivity contribution is -0.285. The zero-order chi connectivity index (χ0) is 34.4. The average Bonchev–Trinajstić information content (AvgIpc) is 3.82. The number of nitrogens with one attached hydrogen (secondary N) is 2. The van der Waals surface area contributed by atoms with Crippen molar-refractivity contribution in [3.63, 3.8) is 0 Å². The summed E-state index contributed by atoms with van der Waals surface area (Å²) in [6, 6.07) is -1.24. The molecule has 5 aliphatic heterocycles. The number of allylic oxidation sites excluding steroid dienone is 1. The summed E-state index contributed by atoms with van der Waals surface area (Å²) in [4.78, 5) is 71.7. The molecular formula is C26H30N8O12S2. The number of carbonyl (C=O) groups excluding carboxylic acids is 4. The van der Waals surface area contributed by atoms with Gasteiger partial charge in [0.15, 0.2) is 11.2 Å². The van der Waals surface area contributed by atoms with Gasteiger partial charge in [0.05, 0.1) is 0 Å². The Balaban J connectivity index is 1.28. The van der Waals surface area contributed by atoms with Gasteiger partial charge in [-0.15, -0.1) is 11.8 Å². The Hall–Kier alpha value is -4.19. The Bertz CT molecular complexity index is 1630. The van der Waals surface area contributed by atoms with Gasteiger partial charge in [0.2, 0.25) is 23.7 Å². The smallest absolute Gasteiger partial charge is 0.357 e. The molecule has 4 fully saturated rings. The van der Waals surface area contributed by atoms with E-state index >= 15 is 0 Å². The number of carboxylic acid groups (broad SMARTS) is 1. The van der Waals surface area contributed by atoms with Crippen molar-refractivity contribution < 1.29 is 59.1 Å². The van der Waals surface area contributed by atoms with Gasteiger partial charge in [-0.05, 0) is 31.0 Å². The number of fused-ring (bicyclic) bond motifs is 1. The number of β-lactam (4-membered cyclic amide) rings is 1. The van der Waals surface area contributed by atoms with Crippen LogP contribution in [0.4, 0.5) is 5.13 Å². The molecule has 6 heterocycles. The second-order valence-corrected chi connectivity index (χ2v) is 13.2. The molecule has 3 amide bonds.